The molecule has 2 aliphatic rings. The van der Waals surface area contributed by atoms with Gasteiger partial charge in [0.15, 0.2) is 0 Å². The van der Waals surface area contributed by atoms with Crippen LogP contribution in [0.15, 0.2) is 77.1 Å². The molecule has 5 rings (SSSR count). The quantitative estimate of drug-likeness (QED) is 0.302. The number of rotatable bonds is 4. The maximum absolute atomic E-state index is 13.4. The third-order valence-corrected chi connectivity index (χ3v) is 7.91. The lowest BCUT2D eigenvalue weighted by molar-refractivity contribution is -0.384. The van der Waals surface area contributed by atoms with Crippen molar-refractivity contribution in [2.24, 2.45) is 10.9 Å². The monoisotopic (exact) mass is 463 g/mol. The summed E-state index contributed by atoms with van der Waals surface area (Å²) in [5.74, 6) is -1.01. The van der Waals surface area contributed by atoms with Crippen LogP contribution in [-0.4, -0.2) is 27.0 Å². The number of benzene rings is 2. The number of hydrogen-bond donors (Lipinski definition) is 0. The van der Waals surface area contributed by atoms with Crippen LogP contribution < -0.4 is 4.90 Å². The summed E-state index contributed by atoms with van der Waals surface area (Å²) in [6.45, 7) is 0. The molecule has 0 bridgehead atoms. The Morgan fingerprint density at radius 2 is 1.72 bits per heavy atom. The molecule has 0 N–H and O–H groups in total. The summed E-state index contributed by atoms with van der Waals surface area (Å²) in [7, 11) is 0. The molecule has 0 radical (unpaired) electrons. The predicted octanol–water partition coefficient (Wildman–Crippen LogP) is 5.17. The highest BCUT2D eigenvalue weighted by molar-refractivity contribution is 8.15. The average molecular weight is 464 g/mol. The first-order valence-electron chi connectivity index (χ1n) is 9.98. The highest BCUT2D eigenvalue weighted by Crippen LogP contribution is 2.49. The summed E-state index contributed by atoms with van der Waals surface area (Å²) in [4.78, 5) is 44.2. The molecule has 2 fully saturated rings. The fourth-order valence-corrected chi connectivity index (χ4v) is 6.42. The molecule has 2 amide bonds. The summed E-state index contributed by atoms with van der Waals surface area (Å²) in [6.07, 6.45) is 0.533. The van der Waals surface area contributed by atoms with E-state index in [4.69, 9.17) is 0 Å². The highest BCUT2D eigenvalue weighted by Gasteiger charge is 2.55. The molecular formula is C23H17N3O4S2. The van der Waals surface area contributed by atoms with E-state index in [1.807, 2.05) is 35.7 Å². The van der Waals surface area contributed by atoms with Crippen LogP contribution in [0.25, 0.3) is 0 Å². The molecule has 0 aliphatic carbocycles. The lowest BCUT2D eigenvalue weighted by Gasteiger charge is -2.30. The summed E-state index contributed by atoms with van der Waals surface area (Å²) < 4.78 is 0. The molecule has 160 valence electrons. The number of carbonyl (C=O) groups excluding carboxylic acids is 2. The van der Waals surface area contributed by atoms with Crippen LogP contribution in [-0.2, 0) is 9.59 Å². The van der Waals surface area contributed by atoms with E-state index in [-0.39, 0.29) is 23.4 Å². The molecule has 0 saturated carbocycles. The second-order valence-electron chi connectivity index (χ2n) is 7.52. The van der Waals surface area contributed by atoms with E-state index in [2.05, 4.69) is 4.99 Å². The van der Waals surface area contributed by atoms with Crippen LogP contribution in [0.3, 0.4) is 0 Å². The van der Waals surface area contributed by atoms with Gasteiger partial charge in [-0.05, 0) is 35.7 Å². The largest absolute Gasteiger partial charge is 0.274 e. The Bertz CT molecular complexity index is 1210. The number of para-hydroxylation sites is 1. The van der Waals surface area contributed by atoms with Crippen LogP contribution in [0, 0.1) is 16.0 Å². The lowest BCUT2D eigenvalue weighted by atomic mass is 9.86. The number of thioether (sulfide) groups is 1. The molecule has 2 saturated heterocycles. The number of fused-ring (bicyclic) bond motifs is 1. The Labute approximate surface area is 191 Å². The van der Waals surface area contributed by atoms with Gasteiger partial charge in [0.1, 0.15) is 5.25 Å². The normalized spacial score (nSPS) is 24.1. The van der Waals surface area contributed by atoms with Crippen molar-refractivity contribution in [3.63, 3.8) is 0 Å². The van der Waals surface area contributed by atoms with Crippen LogP contribution in [0.4, 0.5) is 17.1 Å². The average Bonchev–Trinajstić information content (AvgIpc) is 3.42. The van der Waals surface area contributed by atoms with Gasteiger partial charge in [0.25, 0.3) is 5.69 Å². The smallest absolute Gasteiger partial charge is 0.269 e. The SMILES string of the molecule is O=C1[C@H]2[C@H](SC(=Nc3ccc([N+](=O)[O-])cc3)C[C@H]2c2cccs2)C(=O)N1c1ccccc1. The Kier molecular flexibility index (Phi) is 5.36. The van der Waals surface area contributed by atoms with E-state index < -0.39 is 16.1 Å². The summed E-state index contributed by atoms with van der Waals surface area (Å²) in [5, 5.41) is 13.1. The van der Waals surface area contributed by atoms with Crippen molar-refractivity contribution >= 4 is 57.0 Å². The minimum atomic E-state index is -0.555. The number of carbonyl (C=O) groups is 2. The van der Waals surface area contributed by atoms with Crippen molar-refractivity contribution in [2.75, 3.05) is 4.90 Å². The number of non-ortho nitro benzene ring substituents is 1. The molecule has 9 heteroatoms. The van der Waals surface area contributed by atoms with Crippen molar-refractivity contribution < 1.29 is 14.5 Å². The van der Waals surface area contributed by atoms with Gasteiger partial charge in [-0.3, -0.25) is 19.7 Å². The van der Waals surface area contributed by atoms with Gasteiger partial charge in [0.05, 0.1) is 27.3 Å². The number of imide groups is 1. The minimum absolute atomic E-state index is 0.00292. The zero-order chi connectivity index (χ0) is 22.2. The fraction of sp³-hybridized carbons (Fsp3) is 0.174. The van der Waals surface area contributed by atoms with E-state index >= 15 is 0 Å². The van der Waals surface area contributed by atoms with Crippen molar-refractivity contribution in [1.29, 1.82) is 0 Å². The molecule has 0 spiro atoms. The fourth-order valence-electron chi connectivity index (χ4n) is 4.16. The molecule has 7 nitrogen and oxygen atoms in total. The van der Waals surface area contributed by atoms with Gasteiger partial charge >= 0.3 is 0 Å². The number of hydrogen-bond acceptors (Lipinski definition) is 7. The standard InChI is InChI=1S/C23H17N3O4S2/c27-22-20-17(18-7-4-12-31-18)13-19(24-14-8-10-16(11-9-14)26(29)30)32-21(20)23(28)25(22)15-5-2-1-3-6-15/h1-12,17,20-21H,13H2/t17-,20+,21-/m0/s1. The Morgan fingerprint density at radius 3 is 2.38 bits per heavy atom. The maximum atomic E-state index is 13.4. The molecule has 2 aromatic carbocycles. The van der Waals surface area contributed by atoms with E-state index in [9.17, 15) is 19.7 Å². The lowest BCUT2D eigenvalue weighted by Crippen LogP contribution is -2.33. The van der Waals surface area contributed by atoms with Crippen LogP contribution in [0.1, 0.15) is 17.2 Å². The number of nitrogens with zero attached hydrogens (tertiary/aromatic N) is 3. The van der Waals surface area contributed by atoms with Gasteiger partial charge in [0.2, 0.25) is 11.8 Å². The zero-order valence-electron chi connectivity index (χ0n) is 16.7. The predicted molar refractivity (Wildman–Crippen MR) is 126 cm³/mol. The molecule has 0 unspecified atom stereocenters. The van der Waals surface area contributed by atoms with Crippen molar-refractivity contribution in [1.82, 2.24) is 0 Å². The summed E-state index contributed by atoms with van der Waals surface area (Å²) >= 11 is 2.90. The van der Waals surface area contributed by atoms with Crippen LogP contribution >= 0.6 is 23.1 Å². The molecule has 3 atom stereocenters. The summed E-state index contributed by atoms with van der Waals surface area (Å²) in [6, 6.07) is 18.9. The van der Waals surface area contributed by atoms with Crippen molar-refractivity contribution in [3.8, 4) is 0 Å². The first kappa shape index (κ1) is 20.6. The molecular weight excluding hydrogens is 446 g/mol. The Morgan fingerprint density at radius 1 is 0.969 bits per heavy atom. The van der Waals surface area contributed by atoms with Crippen LogP contribution in [0.5, 0.6) is 0 Å². The van der Waals surface area contributed by atoms with Gasteiger partial charge in [-0.15, -0.1) is 11.3 Å². The van der Waals surface area contributed by atoms with E-state index in [0.717, 1.165) is 9.92 Å². The Hall–Kier alpha value is -3.30. The number of aliphatic imine (C=N–C) groups is 1. The van der Waals surface area contributed by atoms with Gasteiger partial charge < -0.3 is 0 Å². The highest BCUT2D eigenvalue weighted by atomic mass is 32.2. The molecule has 1 aromatic heterocycles. The van der Waals surface area contributed by atoms with E-state index in [0.29, 0.717) is 17.8 Å². The Balaban J connectivity index is 1.51. The minimum Gasteiger partial charge on any atom is -0.274 e. The van der Waals surface area contributed by atoms with Gasteiger partial charge in [-0.2, -0.15) is 0 Å². The second kappa shape index (κ2) is 8.33. The number of thiophene rings is 1. The molecule has 3 aromatic rings. The molecule has 32 heavy (non-hydrogen) atoms. The number of anilines is 1. The van der Waals surface area contributed by atoms with E-state index in [1.165, 1.54) is 28.8 Å². The topological polar surface area (TPSA) is 92.9 Å². The first-order chi connectivity index (χ1) is 15.5. The van der Waals surface area contributed by atoms with Gasteiger partial charge in [-0.1, -0.05) is 36.0 Å². The first-order valence-corrected chi connectivity index (χ1v) is 11.7. The zero-order valence-corrected chi connectivity index (χ0v) is 18.3. The second-order valence-corrected chi connectivity index (χ2v) is 9.71. The van der Waals surface area contributed by atoms with Crippen molar-refractivity contribution in [3.05, 3.63) is 87.1 Å². The third-order valence-electron chi connectivity index (χ3n) is 5.62. The molecule has 3 heterocycles. The van der Waals surface area contributed by atoms with E-state index in [1.54, 1.807) is 35.6 Å². The maximum Gasteiger partial charge on any atom is 0.269 e. The third kappa shape index (κ3) is 3.63. The van der Waals surface area contributed by atoms with Crippen molar-refractivity contribution in [2.45, 2.75) is 17.6 Å². The number of amides is 2. The molecule has 2 aliphatic heterocycles. The number of nitro benzene ring substituents is 1. The van der Waals surface area contributed by atoms with Gasteiger partial charge in [0, 0.05) is 29.3 Å². The van der Waals surface area contributed by atoms with Gasteiger partial charge in [-0.25, -0.2) is 9.89 Å². The summed E-state index contributed by atoms with van der Waals surface area (Å²) in [5.41, 5.74) is 1.16. The van der Waals surface area contributed by atoms with Crippen LogP contribution in [0.2, 0.25) is 0 Å². The number of nitro groups is 1.